The zero-order chi connectivity index (χ0) is 11.7. The molecule has 0 unspecified atom stereocenters. The maximum absolute atomic E-state index is 5.68. The Morgan fingerprint density at radius 2 is 2.18 bits per heavy atom. The Morgan fingerprint density at radius 1 is 1.35 bits per heavy atom. The van der Waals surface area contributed by atoms with Crippen molar-refractivity contribution in [3.8, 4) is 0 Å². The van der Waals surface area contributed by atoms with Crippen LogP contribution in [0.4, 0.5) is 0 Å². The summed E-state index contributed by atoms with van der Waals surface area (Å²) in [4.78, 5) is 4.55. The number of hydrogen-bond acceptors (Lipinski definition) is 2. The SMILES string of the molecule is NCCc1cn(C2CCCC2)c2ncccc12. The van der Waals surface area contributed by atoms with Gasteiger partial charge < -0.3 is 10.3 Å². The third kappa shape index (κ3) is 1.84. The highest BCUT2D eigenvalue weighted by Crippen LogP contribution is 2.33. The monoisotopic (exact) mass is 229 g/mol. The first-order chi connectivity index (χ1) is 8.40. The topological polar surface area (TPSA) is 43.8 Å². The van der Waals surface area contributed by atoms with Gasteiger partial charge in [0.05, 0.1) is 0 Å². The van der Waals surface area contributed by atoms with Crippen molar-refractivity contribution < 1.29 is 0 Å². The summed E-state index contributed by atoms with van der Waals surface area (Å²) in [6.45, 7) is 0.707. The molecule has 90 valence electrons. The first kappa shape index (κ1) is 10.8. The average Bonchev–Trinajstić information content (AvgIpc) is 2.97. The summed E-state index contributed by atoms with van der Waals surface area (Å²) in [7, 11) is 0. The molecule has 0 amide bonds. The Balaban J connectivity index is 2.10. The van der Waals surface area contributed by atoms with Gasteiger partial charge in [-0.3, -0.25) is 0 Å². The van der Waals surface area contributed by atoms with E-state index in [0.29, 0.717) is 12.6 Å². The summed E-state index contributed by atoms with van der Waals surface area (Å²) in [6, 6.07) is 4.83. The maximum atomic E-state index is 5.68. The molecule has 17 heavy (non-hydrogen) atoms. The molecule has 1 aliphatic carbocycles. The summed E-state index contributed by atoms with van der Waals surface area (Å²) in [5.74, 6) is 0. The molecule has 2 heterocycles. The minimum absolute atomic E-state index is 0.652. The fraction of sp³-hybridized carbons (Fsp3) is 0.500. The molecule has 0 atom stereocenters. The van der Waals surface area contributed by atoms with Gasteiger partial charge in [0.25, 0.3) is 0 Å². The highest BCUT2D eigenvalue weighted by Gasteiger charge is 2.20. The Morgan fingerprint density at radius 3 is 2.94 bits per heavy atom. The van der Waals surface area contributed by atoms with Crippen molar-refractivity contribution in [1.82, 2.24) is 9.55 Å². The van der Waals surface area contributed by atoms with Crippen LogP contribution in [-0.2, 0) is 6.42 Å². The molecule has 3 heteroatoms. The van der Waals surface area contributed by atoms with Gasteiger partial charge in [-0.25, -0.2) is 4.98 Å². The Bertz CT molecular complexity index is 509. The Labute approximate surface area is 102 Å². The molecule has 0 saturated heterocycles. The highest BCUT2D eigenvalue weighted by atomic mass is 15.1. The van der Waals surface area contributed by atoms with Gasteiger partial charge in [-0.15, -0.1) is 0 Å². The quantitative estimate of drug-likeness (QED) is 0.879. The largest absolute Gasteiger partial charge is 0.330 e. The minimum atomic E-state index is 0.652. The van der Waals surface area contributed by atoms with Gasteiger partial charge in [0, 0.05) is 23.8 Å². The normalized spacial score (nSPS) is 17.0. The first-order valence-corrected chi connectivity index (χ1v) is 6.54. The zero-order valence-corrected chi connectivity index (χ0v) is 10.1. The van der Waals surface area contributed by atoms with E-state index in [9.17, 15) is 0 Å². The number of fused-ring (bicyclic) bond motifs is 1. The number of hydrogen-bond donors (Lipinski definition) is 1. The summed E-state index contributed by atoms with van der Waals surface area (Å²) < 4.78 is 2.38. The van der Waals surface area contributed by atoms with E-state index in [4.69, 9.17) is 5.73 Å². The van der Waals surface area contributed by atoms with E-state index in [1.54, 1.807) is 0 Å². The van der Waals surface area contributed by atoms with E-state index in [2.05, 4.69) is 21.8 Å². The van der Waals surface area contributed by atoms with Crippen molar-refractivity contribution in [2.75, 3.05) is 6.54 Å². The van der Waals surface area contributed by atoms with Crippen LogP contribution < -0.4 is 5.73 Å². The second-order valence-corrected chi connectivity index (χ2v) is 4.91. The van der Waals surface area contributed by atoms with E-state index in [0.717, 1.165) is 12.1 Å². The van der Waals surface area contributed by atoms with Crippen LogP contribution >= 0.6 is 0 Å². The van der Waals surface area contributed by atoms with E-state index in [1.807, 2.05) is 12.3 Å². The fourth-order valence-corrected chi connectivity index (χ4v) is 2.97. The molecule has 0 aromatic carbocycles. The molecule has 3 nitrogen and oxygen atoms in total. The molecule has 2 aromatic rings. The number of aromatic nitrogens is 2. The third-order valence-electron chi connectivity index (χ3n) is 3.80. The van der Waals surface area contributed by atoms with E-state index in [-0.39, 0.29) is 0 Å². The van der Waals surface area contributed by atoms with Crippen molar-refractivity contribution in [1.29, 1.82) is 0 Å². The molecule has 0 radical (unpaired) electrons. The molecule has 1 aliphatic rings. The predicted molar refractivity (Wildman–Crippen MR) is 70.0 cm³/mol. The summed E-state index contributed by atoms with van der Waals surface area (Å²) in [6.07, 6.45) is 10.4. The molecule has 1 saturated carbocycles. The lowest BCUT2D eigenvalue weighted by Crippen LogP contribution is -2.04. The molecule has 3 rings (SSSR count). The van der Waals surface area contributed by atoms with Gasteiger partial charge >= 0.3 is 0 Å². The molecule has 1 fully saturated rings. The fourth-order valence-electron chi connectivity index (χ4n) is 2.97. The summed E-state index contributed by atoms with van der Waals surface area (Å²) >= 11 is 0. The van der Waals surface area contributed by atoms with E-state index >= 15 is 0 Å². The van der Waals surface area contributed by atoms with E-state index in [1.165, 1.54) is 36.6 Å². The van der Waals surface area contributed by atoms with Crippen molar-refractivity contribution in [2.24, 2.45) is 5.73 Å². The van der Waals surface area contributed by atoms with Crippen LogP contribution in [0.5, 0.6) is 0 Å². The van der Waals surface area contributed by atoms with Gasteiger partial charge in [0.1, 0.15) is 5.65 Å². The molecular weight excluding hydrogens is 210 g/mol. The molecule has 0 aliphatic heterocycles. The lowest BCUT2D eigenvalue weighted by atomic mass is 10.2. The minimum Gasteiger partial charge on any atom is -0.330 e. The molecule has 0 spiro atoms. The van der Waals surface area contributed by atoms with Crippen LogP contribution in [0.1, 0.15) is 37.3 Å². The van der Waals surface area contributed by atoms with Gasteiger partial charge in [0.2, 0.25) is 0 Å². The number of pyridine rings is 1. The van der Waals surface area contributed by atoms with Crippen molar-refractivity contribution in [2.45, 2.75) is 38.1 Å². The van der Waals surface area contributed by atoms with Crippen molar-refractivity contribution >= 4 is 11.0 Å². The third-order valence-corrected chi connectivity index (χ3v) is 3.80. The van der Waals surface area contributed by atoms with Crippen LogP contribution in [0.15, 0.2) is 24.5 Å². The smallest absolute Gasteiger partial charge is 0.140 e. The van der Waals surface area contributed by atoms with Gasteiger partial charge in [0.15, 0.2) is 0 Å². The summed E-state index contributed by atoms with van der Waals surface area (Å²) in [5, 5.41) is 1.28. The molecule has 2 aromatic heterocycles. The molecular formula is C14H19N3. The first-order valence-electron chi connectivity index (χ1n) is 6.54. The van der Waals surface area contributed by atoms with Gasteiger partial charge in [-0.1, -0.05) is 12.8 Å². The predicted octanol–water partition coefficient (Wildman–Crippen LogP) is 2.65. The highest BCUT2D eigenvalue weighted by molar-refractivity contribution is 5.80. The van der Waals surface area contributed by atoms with Crippen LogP contribution in [0, 0.1) is 0 Å². The van der Waals surface area contributed by atoms with Gasteiger partial charge in [-0.2, -0.15) is 0 Å². The lowest BCUT2D eigenvalue weighted by molar-refractivity contribution is 0.531. The molecule has 2 N–H and O–H groups in total. The average molecular weight is 229 g/mol. The van der Waals surface area contributed by atoms with E-state index < -0.39 is 0 Å². The van der Waals surface area contributed by atoms with Crippen LogP contribution in [0.2, 0.25) is 0 Å². The second-order valence-electron chi connectivity index (χ2n) is 4.91. The summed E-state index contributed by atoms with van der Waals surface area (Å²) in [5.41, 5.74) is 8.18. The van der Waals surface area contributed by atoms with Gasteiger partial charge in [-0.05, 0) is 43.5 Å². The Hall–Kier alpha value is -1.35. The number of rotatable bonds is 3. The standard InChI is InChI=1S/C14H19N3/c15-8-7-11-10-17(12-4-1-2-5-12)14-13(11)6-3-9-16-14/h3,6,9-10,12H,1-2,4-5,7-8,15H2. The Kier molecular flexibility index (Phi) is 2.85. The van der Waals surface area contributed by atoms with Crippen LogP contribution in [0.3, 0.4) is 0 Å². The van der Waals surface area contributed by atoms with Crippen molar-refractivity contribution in [3.05, 3.63) is 30.1 Å². The van der Waals surface area contributed by atoms with Crippen molar-refractivity contribution in [3.63, 3.8) is 0 Å². The maximum Gasteiger partial charge on any atom is 0.140 e. The van der Waals surface area contributed by atoms with Crippen LogP contribution in [-0.4, -0.2) is 16.1 Å². The van der Waals surface area contributed by atoms with Crippen LogP contribution in [0.25, 0.3) is 11.0 Å². The second kappa shape index (κ2) is 4.49. The lowest BCUT2D eigenvalue weighted by Gasteiger charge is -2.12. The zero-order valence-electron chi connectivity index (χ0n) is 10.1. The molecule has 0 bridgehead atoms. The number of nitrogens with two attached hydrogens (primary N) is 1. The number of nitrogens with zero attached hydrogens (tertiary/aromatic N) is 2.